The molecule has 2 heterocycles. The molecule has 0 radical (unpaired) electrons. The van der Waals surface area contributed by atoms with Crippen LogP contribution in [0.25, 0.3) is 0 Å². The fraction of sp³-hybridized carbons (Fsp3) is 0.308. The molecule has 106 valence electrons. The van der Waals surface area contributed by atoms with Gasteiger partial charge in [-0.15, -0.1) is 0 Å². The number of ether oxygens (including phenoxy) is 1. The number of hydrogen-bond donors (Lipinski definition) is 1. The number of nitrogen functional groups attached to an aromatic ring is 1. The van der Waals surface area contributed by atoms with Crippen LogP contribution in [0, 0.1) is 6.92 Å². The monoisotopic (exact) mass is 276 g/mol. The van der Waals surface area contributed by atoms with Crippen LogP contribution in [0.3, 0.4) is 0 Å². The number of rotatable bonds is 4. The maximum absolute atomic E-state index is 11.5. The molecule has 0 amide bonds. The molecule has 0 atom stereocenters. The van der Waals surface area contributed by atoms with Gasteiger partial charge in [-0.2, -0.15) is 4.98 Å². The van der Waals surface area contributed by atoms with E-state index in [9.17, 15) is 4.79 Å². The van der Waals surface area contributed by atoms with Crippen LogP contribution >= 0.6 is 0 Å². The predicted molar refractivity (Wildman–Crippen MR) is 73.3 cm³/mol. The van der Waals surface area contributed by atoms with Crippen LogP contribution in [-0.2, 0) is 11.3 Å². The van der Waals surface area contributed by atoms with Crippen molar-refractivity contribution >= 4 is 17.7 Å². The summed E-state index contributed by atoms with van der Waals surface area (Å²) < 4.78 is 10.1. The fourth-order valence-corrected chi connectivity index (χ4v) is 1.71. The van der Waals surface area contributed by atoms with Gasteiger partial charge in [0, 0.05) is 13.1 Å². The van der Waals surface area contributed by atoms with Crippen molar-refractivity contribution in [3.63, 3.8) is 0 Å². The Bertz CT molecular complexity index is 624. The molecule has 0 aliphatic heterocycles. The van der Waals surface area contributed by atoms with E-state index in [-0.39, 0.29) is 11.5 Å². The molecule has 0 aliphatic carbocycles. The second-order valence-electron chi connectivity index (χ2n) is 4.34. The van der Waals surface area contributed by atoms with Crippen LogP contribution in [0.4, 0.5) is 11.8 Å². The Balaban J connectivity index is 2.22. The smallest absolute Gasteiger partial charge is 0.356 e. The first kappa shape index (κ1) is 13.9. The lowest BCUT2D eigenvalue weighted by Gasteiger charge is -2.16. The van der Waals surface area contributed by atoms with Gasteiger partial charge in [-0.1, -0.05) is 0 Å². The first-order valence-electron chi connectivity index (χ1n) is 5.99. The van der Waals surface area contributed by atoms with Gasteiger partial charge in [0.2, 0.25) is 5.95 Å². The lowest BCUT2D eigenvalue weighted by Crippen LogP contribution is -2.21. The molecule has 0 saturated heterocycles. The Labute approximate surface area is 116 Å². The Morgan fingerprint density at radius 2 is 2.20 bits per heavy atom. The van der Waals surface area contributed by atoms with E-state index in [1.807, 2.05) is 19.1 Å². The van der Waals surface area contributed by atoms with Gasteiger partial charge in [-0.05, 0) is 19.1 Å². The summed E-state index contributed by atoms with van der Waals surface area (Å²) in [7, 11) is 3.07. The summed E-state index contributed by atoms with van der Waals surface area (Å²) in [6.45, 7) is 2.34. The van der Waals surface area contributed by atoms with Crippen molar-refractivity contribution in [2.45, 2.75) is 13.5 Å². The number of furan rings is 1. The summed E-state index contributed by atoms with van der Waals surface area (Å²) in [5.41, 5.74) is 5.80. The number of carbonyl (C=O) groups excluding carboxylic acids is 1. The van der Waals surface area contributed by atoms with E-state index in [2.05, 4.69) is 14.7 Å². The van der Waals surface area contributed by atoms with Crippen LogP contribution in [-0.4, -0.2) is 30.1 Å². The van der Waals surface area contributed by atoms with Crippen molar-refractivity contribution in [1.82, 2.24) is 9.97 Å². The molecule has 0 aliphatic rings. The fourth-order valence-electron chi connectivity index (χ4n) is 1.71. The lowest BCUT2D eigenvalue weighted by atomic mass is 10.4. The van der Waals surface area contributed by atoms with Crippen LogP contribution in [0.2, 0.25) is 0 Å². The first-order chi connectivity index (χ1) is 9.49. The summed E-state index contributed by atoms with van der Waals surface area (Å²) >= 11 is 0. The van der Waals surface area contributed by atoms with Crippen LogP contribution in [0.15, 0.2) is 22.6 Å². The molecule has 0 unspecified atom stereocenters. The van der Waals surface area contributed by atoms with Gasteiger partial charge >= 0.3 is 5.97 Å². The predicted octanol–water partition coefficient (Wildman–Crippen LogP) is 1.38. The second-order valence-corrected chi connectivity index (χ2v) is 4.34. The van der Waals surface area contributed by atoms with Crippen molar-refractivity contribution in [1.29, 1.82) is 0 Å². The Hall–Kier alpha value is -2.57. The summed E-state index contributed by atoms with van der Waals surface area (Å²) in [6.07, 6.45) is 0. The third-order valence-electron chi connectivity index (χ3n) is 2.66. The maximum atomic E-state index is 11.5. The van der Waals surface area contributed by atoms with Crippen molar-refractivity contribution < 1.29 is 13.9 Å². The highest BCUT2D eigenvalue weighted by Gasteiger charge is 2.14. The zero-order chi connectivity index (χ0) is 14.7. The third-order valence-corrected chi connectivity index (χ3v) is 2.66. The largest absolute Gasteiger partial charge is 0.464 e. The van der Waals surface area contributed by atoms with Crippen molar-refractivity contribution in [3.8, 4) is 0 Å². The Morgan fingerprint density at radius 1 is 1.45 bits per heavy atom. The Morgan fingerprint density at radius 3 is 2.80 bits per heavy atom. The number of esters is 1. The third kappa shape index (κ3) is 3.05. The van der Waals surface area contributed by atoms with Gasteiger partial charge in [0.05, 0.1) is 13.7 Å². The van der Waals surface area contributed by atoms with Crippen LogP contribution in [0.5, 0.6) is 0 Å². The number of anilines is 2. The quantitative estimate of drug-likeness (QED) is 0.843. The van der Waals surface area contributed by atoms with Gasteiger partial charge < -0.3 is 19.8 Å². The molecule has 0 fully saturated rings. The number of nitrogens with zero attached hydrogens (tertiary/aromatic N) is 3. The van der Waals surface area contributed by atoms with E-state index in [1.54, 1.807) is 11.9 Å². The van der Waals surface area contributed by atoms with E-state index in [4.69, 9.17) is 10.2 Å². The summed E-state index contributed by atoms with van der Waals surface area (Å²) in [5.74, 6) is 1.59. The molecular formula is C13H16N4O3. The normalized spacial score (nSPS) is 10.3. The van der Waals surface area contributed by atoms with Crippen molar-refractivity contribution in [3.05, 3.63) is 35.4 Å². The molecule has 2 rings (SSSR count). The highest BCUT2D eigenvalue weighted by Crippen LogP contribution is 2.15. The van der Waals surface area contributed by atoms with Crippen molar-refractivity contribution in [2.24, 2.45) is 0 Å². The summed E-state index contributed by atoms with van der Waals surface area (Å²) in [4.78, 5) is 21.5. The van der Waals surface area contributed by atoms with Gasteiger partial charge in [0.15, 0.2) is 5.69 Å². The van der Waals surface area contributed by atoms with Crippen LogP contribution < -0.4 is 10.6 Å². The number of carbonyl (C=O) groups is 1. The van der Waals surface area contributed by atoms with Gasteiger partial charge in [-0.3, -0.25) is 0 Å². The molecule has 2 aromatic rings. The highest BCUT2D eigenvalue weighted by molar-refractivity contribution is 5.88. The van der Waals surface area contributed by atoms with E-state index < -0.39 is 5.97 Å². The second kappa shape index (κ2) is 5.60. The standard InChI is InChI=1S/C13H16N4O3/c1-8-4-5-9(20-8)7-17(2)13-15-10(12(18)19-3)6-11(14)16-13/h4-6H,7H2,1-3H3,(H2,14,15,16). The number of methoxy groups -OCH3 is 1. The molecule has 0 spiro atoms. The van der Waals surface area contributed by atoms with Gasteiger partial charge in [0.1, 0.15) is 17.3 Å². The molecule has 7 nitrogen and oxygen atoms in total. The van der Waals surface area contributed by atoms with Gasteiger partial charge in [0.25, 0.3) is 0 Å². The molecule has 7 heteroatoms. The first-order valence-corrected chi connectivity index (χ1v) is 5.99. The van der Waals surface area contributed by atoms with E-state index >= 15 is 0 Å². The molecule has 2 aromatic heterocycles. The molecule has 0 aromatic carbocycles. The number of nitrogens with two attached hydrogens (primary N) is 1. The summed E-state index contributed by atoms with van der Waals surface area (Å²) in [6, 6.07) is 5.13. The number of hydrogen-bond acceptors (Lipinski definition) is 7. The average molecular weight is 276 g/mol. The number of aryl methyl sites for hydroxylation is 1. The van der Waals surface area contributed by atoms with E-state index in [1.165, 1.54) is 13.2 Å². The maximum Gasteiger partial charge on any atom is 0.356 e. The topological polar surface area (TPSA) is 94.5 Å². The van der Waals surface area contributed by atoms with Gasteiger partial charge in [-0.25, -0.2) is 9.78 Å². The molecule has 2 N–H and O–H groups in total. The van der Waals surface area contributed by atoms with E-state index in [0.717, 1.165) is 11.5 Å². The minimum atomic E-state index is -0.553. The molecule has 0 bridgehead atoms. The minimum absolute atomic E-state index is 0.123. The molecule has 20 heavy (non-hydrogen) atoms. The molecule has 0 saturated carbocycles. The van der Waals surface area contributed by atoms with Crippen molar-refractivity contribution in [2.75, 3.05) is 24.8 Å². The van der Waals surface area contributed by atoms with E-state index in [0.29, 0.717) is 12.5 Å². The van der Waals surface area contributed by atoms with Crippen LogP contribution in [0.1, 0.15) is 22.0 Å². The lowest BCUT2D eigenvalue weighted by molar-refractivity contribution is 0.0594. The minimum Gasteiger partial charge on any atom is -0.464 e. The average Bonchev–Trinajstić information content (AvgIpc) is 2.82. The Kier molecular flexibility index (Phi) is 3.88. The SMILES string of the molecule is COC(=O)c1cc(N)nc(N(C)Cc2ccc(C)o2)n1. The zero-order valence-electron chi connectivity index (χ0n) is 11.6. The highest BCUT2D eigenvalue weighted by atomic mass is 16.5. The number of aromatic nitrogens is 2. The molecular weight excluding hydrogens is 260 g/mol. The zero-order valence-corrected chi connectivity index (χ0v) is 11.6. The summed E-state index contributed by atoms with van der Waals surface area (Å²) in [5, 5.41) is 0.